The number of para-hydroxylation sites is 1. The minimum absolute atomic E-state index is 0.169. The van der Waals surface area contributed by atoms with E-state index in [0.29, 0.717) is 6.54 Å². The molecule has 5 nitrogen and oxygen atoms in total. The first-order valence-corrected chi connectivity index (χ1v) is 8.64. The van der Waals surface area contributed by atoms with Gasteiger partial charge in [0, 0.05) is 12.6 Å². The van der Waals surface area contributed by atoms with Crippen molar-refractivity contribution in [1.29, 1.82) is 0 Å². The van der Waals surface area contributed by atoms with Crippen LogP contribution in [0, 0.1) is 0 Å². The number of hydrogen-bond acceptors (Lipinski definition) is 3. The van der Waals surface area contributed by atoms with Gasteiger partial charge in [-0.05, 0) is 38.1 Å². The highest BCUT2D eigenvalue weighted by atomic mass is 19.4. The van der Waals surface area contributed by atoms with Crippen molar-refractivity contribution in [2.75, 3.05) is 19.6 Å². The van der Waals surface area contributed by atoms with Crippen LogP contribution in [0.3, 0.4) is 0 Å². The average Bonchev–Trinajstić information content (AvgIpc) is 3.26. The predicted molar refractivity (Wildman–Crippen MR) is 91.2 cm³/mol. The monoisotopic (exact) mass is 366 g/mol. The fraction of sp³-hybridized carbons (Fsp3) is 0.444. The first kappa shape index (κ1) is 18.4. The Bertz CT molecular complexity index is 758. The topological polar surface area (TPSA) is 50.2 Å². The molecule has 8 heteroatoms. The molecule has 2 aromatic rings. The zero-order valence-electron chi connectivity index (χ0n) is 14.5. The fourth-order valence-corrected chi connectivity index (χ4v) is 3.40. The maximum atomic E-state index is 13.6. The van der Waals surface area contributed by atoms with Crippen molar-refractivity contribution in [3.8, 4) is 5.69 Å². The number of carbonyl (C=O) groups excluding carboxylic acids is 1. The van der Waals surface area contributed by atoms with E-state index in [2.05, 4.69) is 15.3 Å². The van der Waals surface area contributed by atoms with Crippen molar-refractivity contribution in [2.24, 2.45) is 0 Å². The minimum atomic E-state index is -4.69. The molecular formula is C18H21F3N4O. The molecule has 1 saturated heterocycles. The van der Waals surface area contributed by atoms with Crippen LogP contribution in [-0.2, 0) is 6.18 Å². The Morgan fingerprint density at radius 1 is 1.31 bits per heavy atom. The average molecular weight is 366 g/mol. The number of nitrogens with one attached hydrogen (secondary N) is 1. The molecule has 1 aliphatic heterocycles. The second kappa shape index (κ2) is 7.49. The third kappa shape index (κ3) is 3.75. The maximum Gasteiger partial charge on any atom is 0.434 e. The molecule has 1 aromatic heterocycles. The molecule has 1 amide bonds. The summed E-state index contributed by atoms with van der Waals surface area (Å²) in [6, 6.07) is 8.15. The smallest absolute Gasteiger partial charge is 0.350 e. The summed E-state index contributed by atoms with van der Waals surface area (Å²) in [4.78, 5) is 14.6. The molecule has 1 N–H and O–H groups in total. The van der Waals surface area contributed by atoms with E-state index < -0.39 is 23.3 Å². The molecule has 2 heterocycles. The Balaban J connectivity index is 1.83. The molecule has 0 bridgehead atoms. The highest BCUT2D eigenvalue weighted by Gasteiger charge is 2.40. The fourth-order valence-electron chi connectivity index (χ4n) is 3.40. The van der Waals surface area contributed by atoms with Crippen LogP contribution < -0.4 is 5.32 Å². The Hall–Kier alpha value is -2.35. The summed E-state index contributed by atoms with van der Waals surface area (Å²) in [7, 11) is 0. The zero-order valence-corrected chi connectivity index (χ0v) is 14.5. The summed E-state index contributed by atoms with van der Waals surface area (Å²) in [5.74, 6) is -0.748. The maximum absolute atomic E-state index is 13.6. The highest BCUT2D eigenvalue weighted by molar-refractivity contribution is 5.95. The SMILES string of the molecule is CCN1CCCC1CNC(=O)c1cnn(-c2ccccc2)c1C(F)(F)F. The largest absolute Gasteiger partial charge is 0.434 e. The Labute approximate surface area is 149 Å². The molecule has 3 rings (SSSR count). The molecule has 0 radical (unpaired) electrons. The lowest BCUT2D eigenvalue weighted by Crippen LogP contribution is -2.40. The lowest BCUT2D eigenvalue weighted by molar-refractivity contribution is -0.143. The van der Waals surface area contributed by atoms with E-state index in [9.17, 15) is 18.0 Å². The molecule has 1 aromatic carbocycles. The first-order valence-electron chi connectivity index (χ1n) is 8.64. The lowest BCUT2D eigenvalue weighted by Gasteiger charge is -2.23. The molecule has 0 spiro atoms. The van der Waals surface area contributed by atoms with Gasteiger partial charge in [-0.1, -0.05) is 25.1 Å². The summed E-state index contributed by atoms with van der Waals surface area (Å²) in [6.45, 7) is 4.18. The van der Waals surface area contributed by atoms with Crippen molar-refractivity contribution in [3.05, 3.63) is 47.8 Å². The number of likely N-dealkylation sites (N-methyl/N-ethyl adjacent to an activating group) is 1. The molecule has 1 fully saturated rings. The van der Waals surface area contributed by atoms with Gasteiger partial charge < -0.3 is 5.32 Å². The molecular weight excluding hydrogens is 345 g/mol. The van der Waals surface area contributed by atoms with Crippen LogP contribution in [0.25, 0.3) is 5.69 Å². The lowest BCUT2D eigenvalue weighted by atomic mass is 10.2. The van der Waals surface area contributed by atoms with Gasteiger partial charge in [0.2, 0.25) is 0 Å². The van der Waals surface area contributed by atoms with Gasteiger partial charge in [-0.25, -0.2) is 4.68 Å². The number of halogens is 3. The van der Waals surface area contributed by atoms with Crippen molar-refractivity contribution in [3.63, 3.8) is 0 Å². The Morgan fingerprint density at radius 3 is 2.69 bits per heavy atom. The van der Waals surface area contributed by atoms with Gasteiger partial charge in [-0.3, -0.25) is 9.69 Å². The van der Waals surface area contributed by atoms with Crippen LogP contribution in [-0.4, -0.2) is 46.3 Å². The van der Waals surface area contributed by atoms with Crippen LogP contribution >= 0.6 is 0 Å². The van der Waals surface area contributed by atoms with Crippen LogP contribution in [0.5, 0.6) is 0 Å². The molecule has 1 aliphatic rings. The summed E-state index contributed by atoms with van der Waals surface area (Å²) in [5, 5.41) is 6.46. The van der Waals surface area contributed by atoms with Crippen molar-refractivity contribution < 1.29 is 18.0 Å². The number of hydrogen-bond donors (Lipinski definition) is 1. The third-order valence-corrected chi connectivity index (χ3v) is 4.69. The van der Waals surface area contributed by atoms with E-state index in [4.69, 9.17) is 0 Å². The number of carbonyl (C=O) groups is 1. The summed E-state index contributed by atoms with van der Waals surface area (Å²) >= 11 is 0. The van der Waals surface area contributed by atoms with E-state index >= 15 is 0 Å². The van der Waals surface area contributed by atoms with Crippen LogP contribution in [0.4, 0.5) is 13.2 Å². The zero-order chi connectivity index (χ0) is 18.7. The molecule has 0 aliphatic carbocycles. The number of rotatable bonds is 5. The predicted octanol–water partition coefficient (Wildman–Crippen LogP) is 3.11. The first-order chi connectivity index (χ1) is 12.4. The van der Waals surface area contributed by atoms with Gasteiger partial charge in [0.05, 0.1) is 17.4 Å². The van der Waals surface area contributed by atoms with Crippen LogP contribution in [0.2, 0.25) is 0 Å². The van der Waals surface area contributed by atoms with Crippen molar-refractivity contribution in [1.82, 2.24) is 20.0 Å². The van der Waals surface area contributed by atoms with E-state index in [1.165, 1.54) is 12.1 Å². The minimum Gasteiger partial charge on any atom is -0.350 e. The van der Waals surface area contributed by atoms with E-state index in [0.717, 1.165) is 36.8 Å². The van der Waals surface area contributed by atoms with E-state index in [1.807, 2.05) is 6.92 Å². The third-order valence-electron chi connectivity index (χ3n) is 4.69. The normalized spacial score (nSPS) is 18.2. The molecule has 0 saturated carbocycles. The Morgan fingerprint density at radius 2 is 2.04 bits per heavy atom. The number of aromatic nitrogens is 2. The summed E-state index contributed by atoms with van der Waals surface area (Å²) in [5.41, 5.74) is -1.26. The van der Waals surface area contributed by atoms with Crippen LogP contribution in [0.15, 0.2) is 36.5 Å². The second-order valence-corrected chi connectivity index (χ2v) is 6.29. The highest BCUT2D eigenvalue weighted by Crippen LogP contribution is 2.33. The van der Waals surface area contributed by atoms with Crippen LogP contribution in [0.1, 0.15) is 35.8 Å². The summed E-state index contributed by atoms with van der Waals surface area (Å²) < 4.78 is 41.6. The molecule has 140 valence electrons. The van der Waals surface area contributed by atoms with E-state index in [-0.39, 0.29) is 11.7 Å². The quantitative estimate of drug-likeness (QED) is 0.885. The number of alkyl halides is 3. The standard InChI is InChI=1S/C18H21F3N4O/c1-2-24-10-6-9-14(24)11-22-17(26)15-12-23-25(16(15)18(19,20)21)13-7-4-3-5-8-13/h3-5,7-8,12,14H,2,6,9-11H2,1H3,(H,22,26). The second-order valence-electron chi connectivity index (χ2n) is 6.29. The van der Waals surface area contributed by atoms with Gasteiger partial charge in [0.1, 0.15) is 0 Å². The Kier molecular flexibility index (Phi) is 5.31. The van der Waals surface area contributed by atoms with Gasteiger partial charge in [0.15, 0.2) is 5.69 Å². The van der Waals surface area contributed by atoms with Crippen molar-refractivity contribution in [2.45, 2.75) is 32.0 Å². The van der Waals surface area contributed by atoms with Gasteiger partial charge in [-0.15, -0.1) is 0 Å². The number of benzene rings is 1. The molecule has 26 heavy (non-hydrogen) atoms. The molecule has 1 unspecified atom stereocenters. The van der Waals surface area contributed by atoms with Crippen molar-refractivity contribution >= 4 is 5.91 Å². The number of nitrogens with zero attached hydrogens (tertiary/aromatic N) is 3. The number of likely N-dealkylation sites (tertiary alicyclic amines) is 1. The summed E-state index contributed by atoms with van der Waals surface area (Å²) in [6.07, 6.45) is -1.74. The van der Waals surface area contributed by atoms with E-state index in [1.54, 1.807) is 18.2 Å². The van der Waals surface area contributed by atoms with Gasteiger partial charge in [0.25, 0.3) is 5.91 Å². The molecule has 1 atom stereocenters. The van der Waals surface area contributed by atoms with Gasteiger partial charge in [-0.2, -0.15) is 18.3 Å². The van der Waals surface area contributed by atoms with Gasteiger partial charge >= 0.3 is 6.18 Å². The number of amides is 1.